The van der Waals surface area contributed by atoms with E-state index in [0.29, 0.717) is 0 Å². The van der Waals surface area contributed by atoms with Crippen molar-refractivity contribution < 1.29 is 18.9 Å². The van der Waals surface area contributed by atoms with E-state index in [1.165, 1.54) is 18.2 Å². The Labute approximate surface area is 125 Å². The molecule has 2 rings (SSSR count). The third kappa shape index (κ3) is 3.57. The molecule has 0 bridgehead atoms. The normalized spacial score (nSPS) is 9.41. The average molecular weight is 304 g/mol. The fourth-order valence-corrected chi connectivity index (χ4v) is 1.62. The van der Waals surface area contributed by atoms with Gasteiger partial charge >= 0.3 is 0 Å². The SMILES string of the molecule is CC.O=C(C(=O)c1cccnc1F)c1ccccc1[N+](=O)[O-]. The Balaban J connectivity index is 0.00000116. The summed E-state index contributed by atoms with van der Waals surface area (Å²) >= 11 is 0. The molecule has 0 fully saturated rings. The van der Waals surface area contributed by atoms with E-state index < -0.39 is 33.7 Å². The summed E-state index contributed by atoms with van der Waals surface area (Å²) in [6, 6.07) is 7.38. The molecule has 2 aromatic rings. The Kier molecular flexibility index (Phi) is 6.00. The molecule has 0 unspecified atom stereocenters. The van der Waals surface area contributed by atoms with Crippen molar-refractivity contribution in [2.45, 2.75) is 13.8 Å². The van der Waals surface area contributed by atoms with E-state index in [9.17, 15) is 24.1 Å². The number of pyridine rings is 1. The van der Waals surface area contributed by atoms with Crippen LogP contribution in [-0.4, -0.2) is 21.5 Å². The quantitative estimate of drug-likeness (QED) is 0.284. The van der Waals surface area contributed by atoms with Gasteiger partial charge in [-0.25, -0.2) is 4.98 Å². The number of hydrogen-bond acceptors (Lipinski definition) is 5. The number of para-hydroxylation sites is 1. The summed E-state index contributed by atoms with van der Waals surface area (Å²) in [5.74, 6) is -3.42. The Bertz CT molecular complexity index is 716. The van der Waals surface area contributed by atoms with Gasteiger partial charge in [0, 0.05) is 12.3 Å². The molecule has 0 amide bonds. The summed E-state index contributed by atoms with van der Waals surface area (Å²) in [6.45, 7) is 4.00. The van der Waals surface area contributed by atoms with E-state index in [1.54, 1.807) is 0 Å². The summed E-state index contributed by atoms with van der Waals surface area (Å²) < 4.78 is 13.4. The minimum Gasteiger partial charge on any atom is -0.285 e. The second kappa shape index (κ2) is 7.72. The molecule has 0 aliphatic carbocycles. The lowest BCUT2D eigenvalue weighted by atomic mass is 10.0. The van der Waals surface area contributed by atoms with Crippen molar-refractivity contribution in [2.75, 3.05) is 0 Å². The topological polar surface area (TPSA) is 90.2 Å². The van der Waals surface area contributed by atoms with Crippen LogP contribution in [0, 0.1) is 16.1 Å². The Hall–Kier alpha value is -2.96. The monoisotopic (exact) mass is 304 g/mol. The second-order valence-corrected chi connectivity index (χ2v) is 3.77. The number of aromatic nitrogens is 1. The summed E-state index contributed by atoms with van der Waals surface area (Å²) in [5.41, 5.74) is -1.41. The van der Waals surface area contributed by atoms with Crippen molar-refractivity contribution >= 4 is 17.3 Å². The van der Waals surface area contributed by atoms with Crippen molar-refractivity contribution in [1.82, 2.24) is 4.98 Å². The lowest BCUT2D eigenvalue weighted by molar-refractivity contribution is -0.385. The van der Waals surface area contributed by atoms with Crippen LogP contribution in [0.5, 0.6) is 0 Å². The molecule has 22 heavy (non-hydrogen) atoms. The van der Waals surface area contributed by atoms with Gasteiger partial charge in [-0.3, -0.25) is 19.7 Å². The second-order valence-electron chi connectivity index (χ2n) is 3.77. The fraction of sp³-hybridized carbons (Fsp3) is 0.133. The summed E-state index contributed by atoms with van der Waals surface area (Å²) in [7, 11) is 0. The van der Waals surface area contributed by atoms with Gasteiger partial charge in [0.25, 0.3) is 5.69 Å². The number of carbonyl (C=O) groups excluding carboxylic acids is 2. The van der Waals surface area contributed by atoms with Gasteiger partial charge in [-0.15, -0.1) is 0 Å². The van der Waals surface area contributed by atoms with Gasteiger partial charge in [-0.05, 0) is 18.2 Å². The van der Waals surface area contributed by atoms with E-state index in [4.69, 9.17) is 0 Å². The molecular formula is C15H13FN2O4. The molecule has 0 saturated carbocycles. The van der Waals surface area contributed by atoms with Crippen molar-refractivity contribution in [3.63, 3.8) is 0 Å². The summed E-state index contributed by atoms with van der Waals surface area (Å²) in [6.07, 6.45) is 1.13. The molecule has 0 saturated heterocycles. The number of nitro groups is 1. The van der Waals surface area contributed by atoms with Gasteiger partial charge < -0.3 is 0 Å². The third-order valence-corrected chi connectivity index (χ3v) is 2.56. The van der Waals surface area contributed by atoms with Crippen LogP contribution >= 0.6 is 0 Å². The summed E-state index contributed by atoms with van der Waals surface area (Å²) in [5, 5.41) is 10.8. The van der Waals surface area contributed by atoms with Crippen LogP contribution < -0.4 is 0 Å². The van der Waals surface area contributed by atoms with E-state index in [2.05, 4.69) is 4.98 Å². The van der Waals surface area contributed by atoms with E-state index >= 15 is 0 Å². The van der Waals surface area contributed by atoms with Crippen molar-refractivity contribution in [3.8, 4) is 0 Å². The van der Waals surface area contributed by atoms with Crippen LogP contribution in [-0.2, 0) is 0 Å². The molecule has 1 aromatic heterocycles. The fourth-order valence-electron chi connectivity index (χ4n) is 1.62. The molecule has 0 N–H and O–H groups in total. The largest absolute Gasteiger partial charge is 0.285 e. The molecule has 0 radical (unpaired) electrons. The first kappa shape index (κ1) is 17.1. The highest BCUT2D eigenvalue weighted by molar-refractivity contribution is 6.49. The number of benzene rings is 1. The summed E-state index contributed by atoms with van der Waals surface area (Å²) in [4.78, 5) is 37.2. The number of nitro benzene ring substituents is 1. The van der Waals surface area contributed by atoms with Crippen molar-refractivity contribution in [3.05, 3.63) is 69.8 Å². The maximum Gasteiger partial charge on any atom is 0.280 e. The predicted molar refractivity (Wildman–Crippen MR) is 77.3 cm³/mol. The van der Waals surface area contributed by atoms with Crippen LogP contribution in [0.1, 0.15) is 34.6 Å². The lowest BCUT2D eigenvalue weighted by Gasteiger charge is -2.02. The Morgan fingerprint density at radius 3 is 2.18 bits per heavy atom. The number of halogens is 1. The minimum absolute atomic E-state index is 0.384. The van der Waals surface area contributed by atoms with E-state index in [0.717, 1.165) is 24.4 Å². The third-order valence-electron chi connectivity index (χ3n) is 2.56. The van der Waals surface area contributed by atoms with Crippen molar-refractivity contribution in [1.29, 1.82) is 0 Å². The van der Waals surface area contributed by atoms with Gasteiger partial charge in [-0.2, -0.15) is 4.39 Å². The van der Waals surface area contributed by atoms with Crippen LogP contribution in [0.25, 0.3) is 0 Å². The molecule has 1 aromatic carbocycles. The molecule has 6 nitrogen and oxygen atoms in total. The van der Waals surface area contributed by atoms with Gasteiger partial charge in [0.05, 0.1) is 10.5 Å². The molecule has 0 spiro atoms. The molecule has 7 heteroatoms. The maximum atomic E-state index is 13.4. The van der Waals surface area contributed by atoms with E-state index in [-0.39, 0.29) is 5.56 Å². The molecular weight excluding hydrogens is 291 g/mol. The number of hydrogen-bond donors (Lipinski definition) is 0. The standard InChI is InChI=1S/C13H7FN2O4.C2H6/c14-13-9(5-3-7-15-13)12(18)11(17)8-4-1-2-6-10(8)16(19)20;1-2/h1-7H;1-2H3. The zero-order chi connectivity index (χ0) is 16.7. The average Bonchev–Trinajstić information content (AvgIpc) is 2.56. The van der Waals surface area contributed by atoms with Crippen molar-refractivity contribution in [2.24, 2.45) is 0 Å². The predicted octanol–water partition coefficient (Wildman–Crippen LogP) is 3.22. The lowest BCUT2D eigenvalue weighted by Crippen LogP contribution is -2.17. The highest BCUT2D eigenvalue weighted by Gasteiger charge is 2.27. The number of rotatable bonds is 4. The first-order chi connectivity index (χ1) is 10.5. The first-order valence-electron chi connectivity index (χ1n) is 6.45. The Morgan fingerprint density at radius 1 is 1.05 bits per heavy atom. The van der Waals surface area contributed by atoms with Gasteiger partial charge in [0.15, 0.2) is 0 Å². The van der Waals surface area contributed by atoms with Crippen LogP contribution in [0.2, 0.25) is 0 Å². The molecule has 0 aliphatic rings. The highest BCUT2D eigenvalue weighted by atomic mass is 19.1. The smallest absolute Gasteiger partial charge is 0.280 e. The van der Waals surface area contributed by atoms with Crippen LogP contribution in [0.4, 0.5) is 10.1 Å². The molecule has 0 atom stereocenters. The molecule has 1 heterocycles. The number of ketones is 2. The van der Waals surface area contributed by atoms with Gasteiger partial charge in [-0.1, -0.05) is 26.0 Å². The first-order valence-corrected chi connectivity index (χ1v) is 6.45. The minimum atomic E-state index is -1.18. The van der Waals surface area contributed by atoms with E-state index in [1.807, 2.05) is 13.8 Å². The van der Waals surface area contributed by atoms with Gasteiger partial charge in [0.2, 0.25) is 17.5 Å². The Morgan fingerprint density at radius 2 is 1.59 bits per heavy atom. The van der Waals surface area contributed by atoms with Crippen LogP contribution in [0.3, 0.4) is 0 Å². The zero-order valence-corrected chi connectivity index (χ0v) is 11.9. The van der Waals surface area contributed by atoms with Gasteiger partial charge in [0.1, 0.15) is 5.56 Å². The maximum absolute atomic E-state index is 13.4. The molecule has 114 valence electrons. The highest BCUT2D eigenvalue weighted by Crippen LogP contribution is 2.20. The zero-order valence-electron chi connectivity index (χ0n) is 11.9. The number of nitrogens with zero attached hydrogens (tertiary/aromatic N) is 2. The number of Topliss-reactive ketones (excluding diaryl/α,β-unsaturated/α-hetero) is 2. The molecule has 0 aliphatic heterocycles. The number of carbonyl (C=O) groups is 2. The van der Waals surface area contributed by atoms with Crippen LogP contribution in [0.15, 0.2) is 42.6 Å².